The monoisotopic (exact) mass is 324 g/mol. The normalized spacial score (nSPS) is 10.6. The van der Waals surface area contributed by atoms with Crippen LogP contribution >= 0.6 is 0 Å². The highest BCUT2D eigenvalue weighted by molar-refractivity contribution is 6.05. The van der Waals surface area contributed by atoms with Crippen molar-refractivity contribution >= 4 is 22.7 Å². The zero-order valence-corrected chi connectivity index (χ0v) is 13.4. The Kier molecular flexibility index (Phi) is 4.33. The van der Waals surface area contributed by atoms with Crippen LogP contribution in [0, 0.1) is 6.92 Å². The SMILES string of the molecule is COC(=O)c1c(C)oc2ccc(OCC(=O)c3ccccc3)cc12. The number of ether oxygens (including phenoxy) is 2. The molecule has 3 rings (SSSR count). The third-order valence-electron chi connectivity index (χ3n) is 3.69. The number of carbonyl (C=O) groups is 2. The van der Waals surface area contributed by atoms with Crippen LogP contribution in [-0.2, 0) is 4.74 Å². The molecule has 5 heteroatoms. The maximum absolute atomic E-state index is 12.1. The molecule has 0 saturated heterocycles. The van der Waals surface area contributed by atoms with Gasteiger partial charge >= 0.3 is 5.97 Å². The standard InChI is InChI=1S/C19H16O5/c1-12-18(19(21)22-2)15-10-14(8-9-17(15)24-12)23-11-16(20)13-6-4-3-5-7-13/h3-10H,11H2,1-2H3. The van der Waals surface area contributed by atoms with Gasteiger partial charge in [0.05, 0.1) is 7.11 Å². The van der Waals surface area contributed by atoms with Gasteiger partial charge in [-0.1, -0.05) is 30.3 Å². The maximum atomic E-state index is 12.1. The Morgan fingerprint density at radius 3 is 2.54 bits per heavy atom. The molecule has 122 valence electrons. The van der Waals surface area contributed by atoms with E-state index in [1.165, 1.54) is 7.11 Å². The molecule has 0 aliphatic carbocycles. The van der Waals surface area contributed by atoms with Crippen molar-refractivity contribution in [3.05, 3.63) is 65.4 Å². The quantitative estimate of drug-likeness (QED) is 0.528. The van der Waals surface area contributed by atoms with E-state index in [2.05, 4.69) is 0 Å². The van der Waals surface area contributed by atoms with Crippen LogP contribution in [0.15, 0.2) is 52.9 Å². The van der Waals surface area contributed by atoms with E-state index in [0.717, 1.165) is 0 Å². The molecular weight excluding hydrogens is 308 g/mol. The second kappa shape index (κ2) is 6.58. The van der Waals surface area contributed by atoms with E-state index in [-0.39, 0.29) is 12.4 Å². The van der Waals surface area contributed by atoms with Gasteiger partial charge in [-0.15, -0.1) is 0 Å². The number of benzene rings is 2. The van der Waals surface area contributed by atoms with Gasteiger partial charge in [-0.25, -0.2) is 4.79 Å². The number of rotatable bonds is 5. The summed E-state index contributed by atoms with van der Waals surface area (Å²) in [7, 11) is 1.32. The Morgan fingerprint density at radius 2 is 1.83 bits per heavy atom. The van der Waals surface area contributed by atoms with Crippen LogP contribution in [-0.4, -0.2) is 25.5 Å². The van der Waals surface area contributed by atoms with E-state index in [1.807, 2.05) is 6.07 Å². The number of ketones is 1. The molecule has 0 aliphatic rings. The van der Waals surface area contributed by atoms with Gasteiger partial charge in [0.25, 0.3) is 0 Å². The molecule has 0 radical (unpaired) electrons. The first-order valence-corrected chi connectivity index (χ1v) is 7.42. The zero-order chi connectivity index (χ0) is 17.1. The van der Waals surface area contributed by atoms with Crippen molar-refractivity contribution < 1.29 is 23.5 Å². The Bertz CT molecular complexity index is 893. The third-order valence-corrected chi connectivity index (χ3v) is 3.69. The molecule has 1 heterocycles. The van der Waals surface area contributed by atoms with Gasteiger partial charge < -0.3 is 13.9 Å². The molecular formula is C19H16O5. The Morgan fingerprint density at radius 1 is 1.08 bits per heavy atom. The molecule has 2 aromatic carbocycles. The summed E-state index contributed by atoms with van der Waals surface area (Å²) in [5.74, 6) is 0.378. The fourth-order valence-electron chi connectivity index (χ4n) is 2.50. The lowest BCUT2D eigenvalue weighted by Gasteiger charge is -2.06. The summed E-state index contributed by atoms with van der Waals surface area (Å²) >= 11 is 0. The van der Waals surface area contributed by atoms with Gasteiger partial charge in [0, 0.05) is 10.9 Å². The molecule has 0 N–H and O–H groups in total. The molecule has 0 amide bonds. The van der Waals surface area contributed by atoms with Crippen LogP contribution in [0.1, 0.15) is 26.5 Å². The van der Waals surface area contributed by atoms with E-state index >= 15 is 0 Å². The highest BCUT2D eigenvalue weighted by Gasteiger charge is 2.19. The number of aryl methyl sites for hydroxylation is 1. The van der Waals surface area contributed by atoms with Gasteiger partial charge in [0.15, 0.2) is 12.4 Å². The molecule has 3 aromatic rings. The minimum atomic E-state index is -0.469. The zero-order valence-electron chi connectivity index (χ0n) is 13.4. The van der Waals surface area contributed by atoms with Crippen molar-refractivity contribution in [2.45, 2.75) is 6.92 Å². The number of hydrogen-bond acceptors (Lipinski definition) is 5. The van der Waals surface area contributed by atoms with Crippen molar-refractivity contribution in [3.8, 4) is 5.75 Å². The van der Waals surface area contributed by atoms with Crippen molar-refractivity contribution in [1.29, 1.82) is 0 Å². The fraction of sp³-hybridized carbons (Fsp3) is 0.158. The Hall–Kier alpha value is -3.08. The van der Waals surface area contributed by atoms with Crippen LogP contribution in [0.3, 0.4) is 0 Å². The molecule has 0 bridgehead atoms. The number of Topliss-reactive ketones (excluding diaryl/α,β-unsaturated/α-hetero) is 1. The van der Waals surface area contributed by atoms with Crippen LogP contribution in [0.25, 0.3) is 11.0 Å². The Balaban J connectivity index is 1.83. The van der Waals surface area contributed by atoms with Crippen LogP contribution in [0.4, 0.5) is 0 Å². The summed E-state index contributed by atoms with van der Waals surface area (Å²) in [5.41, 5.74) is 1.52. The topological polar surface area (TPSA) is 65.7 Å². The number of esters is 1. The summed E-state index contributed by atoms with van der Waals surface area (Å²) in [5, 5.41) is 0.601. The van der Waals surface area contributed by atoms with Crippen LogP contribution < -0.4 is 4.74 Å². The number of methoxy groups -OCH3 is 1. The number of hydrogen-bond donors (Lipinski definition) is 0. The number of fused-ring (bicyclic) bond motifs is 1. The number of furan rings is 1. The second-order valence-electron chi connectivity index (χ2n) is 5.26. The van der Waals surface area contributed by atoms with Crippen molar-refractivity contribution in [2.24, 2.45) is 0 Å². The van der Waals surface area contributed by atoms with Gasteiger partial charge in [0.2, 0.25) is 0 Å². The number of carbonyl (C=O) groups excluding carboxylic acids is 2. The van der Waals surface area contributed by atoms with Gasteiger partial charge in [-0.3, -0.25) is 4.79 Å². The highest BCUT2D eigenvalue weighted by Crippen LogP contribution is 2.29. The predicted molar refractivity (Wildman–Crippen MR) is 88.6 cm³/mol. The molecule has 0 aliphatic heterocycles. The summed E-state index contributed by atoms with van der Waals surface area (Å²) in [6, 6.07) is 14.0. The molecule has 0 atom stereocenters. The summed E-state index contributed by atoms with van der Waals surface area (Å²) in [6.45, 7) is 1.62. The minimum absolute atomic E-state index is 0.0834. The van der Waals surface area contributed by atoms with Crippen molar-refractivity contribution in [1.82, 2.24) is 0 Å². The van der Waals surface area contributed by atoms with E-state index in [1.54, 1.807) is 49.4 Å². The van der Waals surface area contributed by atoms with E-state index < -0.39 is 5.97 Å². The Labute approximate surface area is 138 Å². The van der Waals surface area contributed by atoms with Crippen LogP contribution in [0.2, 0.25) is 0 Å². The minimum Gasteiger partial charge on any atom is -0.485 e. The third kappa shape index (κ3) is 3.01. The molecule has 0 spiro atoms. The smallest absolute Gasteiger partial charge is 0.342 e. The highest BCUT2D eigenvalue weighted by atomic mass is 16.5. The maximum Gasteiger partial charge on any atom is 0.342 e. The van der Waals surface area contributed by atoms with Gasteiger partial charge in [-0.05, 0) is 25.1 Å². The van der Waals surface area contributed by atoms with Crippen molar-refractivity contribution in [2.75, 3.05) is 13.7 Å². The van der Waals surface area contributed by atoms with Crippen LogP contribution in [0.5, 0.6) is 5.75 Å². The van der Waals surface area contributed by atoms with E-state index in [9.17, 15) is 9.59 Å². The molecule has 0 saturated carbocycles. The molecule has 24 heavy (non-hydrogen) atoms. The first kappa shape index (κ1) is 15.8. The van der Waals surface area contributed by atoms with Gasteiger partial charge in [-0.2, -0.15) is 0 Å². The second-order valence-corrected chi connectivity index (χ2v) is 5.26. The lowest BCUT2D eigenvalue weighted by atomic mass is 10.1. The summed E-state index contributed by atoms with van der Waals surface area (Å²) in [4.78, 5) is 24.0. The summed E-state index contributed by atoms with van der Waals surface area (Å²) < 4.78 is 15.9. The molecule has 5 nitrogen and oxygen atoms in total. The summed E-state index contributed by atoms with van der Waals surface area (Å²) in [6.07, 6.45) is 0. The largest absolute Gasteiger partial charge is 0.485 e. The fourth-order valence-corrected chi connectivity index (χ4v) is 2.50. The molecule has 1 aromatic heterocycles. The van der Waals surface area contributed by atoms with Crippen molar-refractivity contribution in [3.63, 3.8) is 0 Å². The molecule has 0 fully saturated rings. The predicted octanol–water partition coefficient (Wildman–Crippen LogP) is 3.79. The lowest BCUT2D eigenvalue weighted by molar-refractivity contribution is 0.0600. The molecule has 0 unspecified atom stereocenters. The van der Waals surface area contributed by atoms with Gasteiger partial charge in [0.1, 0.15) is 22.7 Å². The average Bonchev–Trinajstić information content (AvgIpc) is 2.94. The van der Waals surface area contributed by atoms with E-state index in [0.29, 0.717) is 33.6 Å². The average molecular weight is 324 g/mol. The lowest BCUT2D eigenvalue weighted by Crippen LogP contribution is -2.11. The van der Waals surface area contributed by atoms with E-state index in [4.69, 9.17) is 13.9 Å². The first-order valence-electron chi connectivity index (χ1n) is 7.42. The first-order chi connectivity index (χ1) is 11.6.